The molecule has 0 aromatic heterocycles. The number of amides is 2. The second kappa shape index (κ2) is 16.1. The van der Waals surface area contributed by atoms with Crippen LogP contribution in [0.1, 0.15) is 82.3 Å². The number of carbonyl (C=O) groups excluding carboxylic acids is 2. The van der Waals surface area contributed by atoms with E-state index < -0.39 is 24.2 Å². The number of hydrogen-bond donors (Lipinski definition) is 4. The number of aliphatic hydroxyl groups is 1. The second-order valence-corrected chi connectivity index (χ2v) is 17.6. The number of nitrogens with two attached hydrogens (primary N) is 1. The monoisotopic (exact) mass is 719 g/mol. The number of likely N-dealkylation sites (N-methyl/N-ethyl adjacent to an activating group) is 1. The molecule has 0 spiro atoms. The number of anilines is 1. The summed E-state index contributed by atoms with van der Waals surface area (Å²) in [5, 5.41) is 19.5. The van der Waals surface area contributed by atoms with E-state index in [0.29, 0.717) is 41.2 Å². The Morgan fingerprint density at radius 1 is 1.10 bits per heavy atom. The van der Waals surface area contributed by atoms with Gasteiger partial charge in [0.2, 0.25) is 5.91 Å². The van der Waals surface area contributed by atoms with Crippen molar-refractivity contribution in [3.63, 3.8) is 0 Å². The number of fused-ring (bicyclic) bond motifs is 2. The fourth-order valence-electron chi connectivity index (χ4n) is 9.48. The number of nitrogens with one attached hydrogen (secondary N) is 2. The number of carbonyl (C=O) groups is 2. The van der Waals surface area contributed by atoms with E-state index in [0.717, 1.165) is 47.3 Å². The van der Waals surface area contributed by atoms with Crippen LogP contribution < -0.4 is 21.3 Å². The van der Waals surface area contributed by atoms with E-state index in [2.05, 4.69) is 75.3 Å². The van der Waals surface area contributed by atoms with Crippen LogP contribution in [0.5, 0.6) is 0 Å². The normalized spacial score (nSPS) is 28.0. The third-order valence-electron chi connectivity index (χ3n) is 12.6. The van der Waals surface area contributed by atoms with Crippen LogP contribution in [0.2, 0.25) is 0 Å². The molecular weight excluding hydrogens is 652 g/mol. The van der Waals surface area contributed by atoms with Gasteiger partial charge in [-0.25, -0.2) is 0 Å². The molecule has 0 unspecified atom stereocenters. The van der Waals surface area contributed by atoms with Crippen molar-refractivity contribution in [1.29, 1.82) is 0 Å². The van der Waals surface area contributed by atoms with Gasteiger partial charge >= 0.3 is 0 Å². The summed E-state index contributed by atoms with van der Waals surface area (Å²) in [7, 11) is 8.03. The fraction of sp³-hybridized carbons (Fsp3) is 0.667. The third kappa shape index (κ3) is 8.36. The molecule has 2 bridgehead atoms. The molecule has 1 heterocycles. The molecule has 1 aliphatic heterocycles. The van der Waals surface area contributed by atoms with Crippen LogP contribution in [0.25, 0.3) is 11.1 Å². The van der Waals surface area contributed by atoms with E-state index in [9.17, 15) is 14.7 Å². The molecule has 0 radical (unpaired) electrons. The second-order valence-electron chi connectivity index (χ2n) is 17.6. The molecule has 3 aliphatic carbocycles. The Bertz CT molecular complexity index is 1560. The lowest BCUT2D eigenvalue weighted by Crippen LogP contribution is -2.62. The zero-order valence-electron chi connectivity index (χ0n) is 33.6. The van der Waals surface area contributed by atoms with Gasteiger partial charge < -0.3 is 31.3 Å². The van der Waals surface area contributed by atoms with Crippen molar-refractivity contribution < 1.29 is 19.5 Å². The number of rotatable bonds is 14. The van der Waals surface area contributed by atoms with Crippen molar-refractivity contribution >= 4 is 17.5 Å². The average molecular weight is 719 g/mol. The standard InChI is InChI=1S/C42H66N6O4/c1-24(2)15-32(23-46(8)9)44-40(50)30-16-29(17-33(18-30)47(10)11)34-14-12-13-28(25(34)3)22-48-39(38(27(5)49)37(21-43)52-48)41(51)45-36-20-31-19-35(26(36)4)42(31,6)7/h12-14,16-18,24,26-27,31-32,35-39,49H,15,19-23,43H2,1-11H3,(H,44,50)(H,45,51)/t26-,27-,31-,32-,35+,36-,37-,38+,39-/m0/s1. The van der Waals surface area contributed by atoms with E-state index in [1.165, 1.54) is 6.42 Å². The summed E-state index contributed by atoms with van der Waals surface area (Å²) in [5.41, 5.74) is 12.0. The van der Waals surface area contributed by atoms with Crippen LogP contribution in [0, 0.1) is 41.9 Å². The van der Waals surface area contributed by atoms with Gasteiger partial charge in [-0.3, -0.25) is 14.4 Å². The summed E-state index contributed by atoms with van der Waals surface area (Å²) in [6.45, 7) is 16.5. The molecule has 5 N–H and O–H groups in total. The maximum atomic E-state index is 14.3. The number of aliphatic hydroxyl groups excluding tert-OH is 1. The van der Waals surface area contributed by atoms with Gasteiger partial charge in [-0.15, -0.1) is 0 Å². The summed E-state index contributed by atoms with van der Waals surface area (Å²) in [4.78, 5) is 38.6. The molecular formula is C42H66N6O4. The van der Waals surface area contributed by atoms with Crippen LogP contribution in [0.3, 0.4) is 0 Å². The topological polar surface area (TPSA) is 123 Å². The summed E-state index contributed by atoms with van der Waals surface area (Å²) < 4.78 is 0. The maximum absolute atomic E-state index is 14.3. The summed E-state index contributed by atoms with van der Waals surface area (Å²) in [6, 6.07) is 11.6. The van der Waals surface area contributed by atoms with Crippen LogP contribution in [-0.4, -0.2) is 98.5 Å². The van der Waals surface area contributed by atoms with Crippen molar-refractivity contribution in [3.05, 3.63) is 53.1 Å². The van der Waals surface area contributed by atoms with Crippen LogP contribution >= 0.6 is 0 Å². The Hall–Kier alpha value is -3.02. The minimum atomic E-state index is -0.783. The fourth-order valence-corrected chi connectivity index (χ4v) is 9.48. The lowest BCUT2D eigenvalue weighted by Gasteiger charge is -2.62. The molecule has 2 amide bonds. The van der Waals surface area contributed by atoms with Crippen molar-refractivity contribution in [3.8, 4) is 11.1 Å². The predicted octanol–water partition coefficient (Wildman–Crippen LogP) is 5.06. The Morgan fingerprint density at radius 2 is 1.81 bits per heavy atom. The third-order valence-corrected chi connectivity index (χ3v) is 12.6. The van der Waals surface area contributed by atoms with Gasteiger partial charge in [-0.1, -0.05) is 52.8 Å². The Balaban J connectivity index is 1.42. The zero-order chi connectivity index (χ0) is 38.2. The number of nitrogens with zero attached hydrogens (tertiary/aromatic N) is 3. The minimum absolute atomic E-state index is 0.0336. The molecule has 10 heteroatoms. The number of hydrogen-bond acceptors (Lipinski definition) is 8. The molecule has 2 aromatic rings. The first-order valence-electron chi connectivity index (χ1n) is 19.4. The van der Waals surface area contributed by atoms with E-state index in [4.69, 9.17) is 10.6 Å². The van der Waals surface area contributed by atoms with Crippen LogP contribution in [-0.2, 0) is 16.2 Å². The molecule has 1 saturated heterocycles. The van der Waals surface area contributed by atoms with E-state index in [1.807, 2.05) is 51.3 Å². The first kappa shape index (κ1) is 40.2. The first-order chi connectivity index (χ1) is 24.4. The van der Waals surface area contributed by atoms with Gasteiger partial charge in [-0.2, -0.15) is 5.06 Å². The Labute approximate surface area is 312 Å². The van der Waals surface area contributed by atoms with Gasteiger partial charge in [0.05, 0.1) is 18.8 Å². The molecule has 52 heavy (non-hydrogen) atoms. The van der Waals surface area contributed by atoms with E-state index >= 15 is 0 Å². The molecule has 4 aliphatic rings. The summed E-state index contributed by atoms with van der Waals surface area (Å²) >= 11 is 0. The first-order valence-corrected chi connectivity index (χ1v) is 19.4. The van der Waals surface area contributed by atoms with Crippen LogP contribution in [0.15, 0.2) is 36.4 Å². The molecule has 10 nitrogen and oxygen atoms in total. The average Bonchev–Trinajstić information content (AvgIpc) is 3.44. The molecule has 6 rings (SSSR count). The van der Waals surface area contributed by atoms with E-state index in [-0.39, 0.29) is 30.4 Å². The highest BCUT2D eigenvalue weighted by Gasteiger charge is 2.57. The van der Waals surface area contributed by atoms with Crippen molar-refractivity contribution in [1.82, 2.24) is 20.6 Å². The smallest absolute Gasteiger partial charge is 0.251 e. The quantitative estimate of drug-likeness (QED) is 0.214. The summed E-state index contributed by atoms with van der Waals surface area (Å²) in [5.74, 6) is 1.38. The Morgan fingerprint density at radius 3 is 2.38 bits per heavy atom. The maximum Gasteiger partial charge on any atom is 0.251 e. The zero-order valence-corrected chi connectivity index (χ0v) is 33.6. The highest BCUT2D eigenvalue weighted by molar-refractivity contribution is 5.97. The molecule has 9 atom stereocenters. The van der Waals surface area contributed by atoms with Crippen molar-refractivity contribution in [2.75, 3.05) is 46.2 Å². The highest BCUT2D eigenvalue weighted by atomic mass is 16.7. The largest absolute Gasteiger partial charge is 0.393 e. The minimum Gasteiger partial charge on any atom is -0.393 e. The number of hydroxylamine groups is 2. The molecule has 4 fully saturated rings. The van der Waals surface area contributed by atoms with Crippen molar-refractivity contribution in [2.24, 2.45) is 40.7 Å². The Kier molecular flexibility index (Phi) is 12.5. The molecule has 3 saturated carbocycles. The summed E-state index contributed by atoms with van der Waals surface area (Å²) in [6.07, 6.45) is 1.83. The lowest BCUT2D eigenvalue weighted by molar-refractivity contribution is -0.175. The SMILES string of the molecule is Cc1c(CN2O[C@@H](CN)[C@@H]([C@H](C)O)[C@H]2C(=O)N[C@H]2C[C@@H]3C[C@H]([C@@H]2C)C3(C)C)cccc1-c1cc(C(=O)N[C@@H](CC(C)C)CN(C)C)cc(N(C)C)c1. The highest BCUT2D eigenvalue weighted by Crippen LogP contribution is 2.61. The lowest BCUT2D eigenvalue weighted by atomic mass is 9.45. The van der Waals surface area contributed by atoms with Crippen LogP contribution in [0.4, 0.5) is 5.69 Å². The van der Waals surface area contributed by atoms with Gasteiger partial charge in [0.1, 0.15) is 6.04 Å². The van der Waals surface area contributed by atoms with Gasteiger partial charge in [0, 0.05) is 56.4 Å². The predicted molar refractivity (Wildman–Crippen MR) is 210 cm³/mol. The molecule has 2 aromatic carbocycles. The van der Waals surface area contributed by atoms with Gasteiger partial charge in [0.25, 0.3) is 5.91 Å². The van der Waals surface area contributed by atoms with Crippen molar-refractivity contribution in [2.45, 2.75) is 105 Å². The molecule has 288 valence electrons. The van der Waals surface area contributed by atoms with Gasteiger partial charge in [0.15, 0.2) is 0 Å². The van der Waals surface area contributed by atoms with Gasteiger partial charge in [-0.05, 0) is 117 Å². The number of benzene rings is 2. The van der Waals surface area contributed by atoms with E-state index in [1.54, 1.807) is 12.0 Å².